The Morgan fingerprint density at radius 2 is 1.83 bits per heavy atom. The molecule has 0 bridgehead atoms. The zero-order valence-electron chi connectivity index (χ0n) is 19.0. The molecule has 174 valence electrons. The van der Waals surface area contributed by atoms with E-state index in [1.807, 2.05) is 60.0 Å². The third-order valence-corrected chi connectivity index (χ3v) is 6.80. The quantitative estimate of drug-likeness (QED) is 0.317. The summed E-state index contributed by atoms with van der Waals surface area (Å²) in [5, 5.41) is 12.4. The van der Waals surface area contributed by atoms with E-state index < -0.39 is 11.6 Å². The van der Waals surface area contributed by atoms with Crippen molar-refractivity contribution in [2.75, 3.05) is 0 Å². The van der Waals surface area contributed by atoms with E-state index in [-0.39, 0.29) is 16.9 Å². The Hall–Kier alpha value is -4.10. The Morgan fingerprint density at radius 3 is 2.60 bits per heavy atom. The molecule has 2 aromatic carbocycles. The SMILES string of the molecule is Cc1nc(-c2cccc(F)c2O)n(CCc2ccccc2)c(=O)c1-c1cc(-c2ccccn2)cs1. The molecule has 3 heterocycles. The molecule has 5 nitrogen and oxygen atoms in total. The number of phenolic OH excluding ortho intramolecular Hbond substituents is 1. The first-order valence-corrected chi connectivity index (χ1v) is 12.0. The van der Waals surface area contributed by atoms with Gasteiger partial charge in [0.2, 0.25) is 0 Å². The largest absolute Gasteiger partial charge is 0.504 e. The Kier molecular flexibility index (Phi) is 6.25. The number of aryl methyl sites for hydroxylation is 2. The lowest BCUT2D eigenvalue weighted by Crippen LogP contribution is -2.27. The van der Waals surface area contributed by atoms with Crippen LogP contribution >= 0.6 is 11.3 Å². The first-order valence-electron chi connectivity index (χ1n) is 11.2. The van der Waals surface area contributed by atoms with Crippen molar-refractivity contribution in [3.63, 3.8) is 0 Å². The second-order valence-electron chi connectivity index (χ2n) is 8.14. The average Bonchev–Trinajstić information content (AvgIpc) is 3.36. The third kappa shape index (κ3) is 4.50. The van der Waals surface area contributed by atoms with Gasteiger partial charge in [-0.2, -0.15) is 0 Å². The van der Waals surface area contributed by atoms with E-state index in [1.54, 1.807) is 19.2 Å². The molecule has 0 fully saturated rings. The highest BCUT2D eigenvalue weighted by atomic mass is 32.1. The molecule has 35 heavy (non-hydrogen) atoms. The predicted octanol–water partition coefficient (Wildman–Crippen LogP) is 6.10. The van der Waals surface area contributed by atoms with Gasteiger partial charge in [0.05, 0.1) is 22.5 Å². The summed E-state index contributed by atoms with van der Waals surface area (Å²) < 4.78 is 15.7. The minimum Gasteiger partial charge on any atom is -0.504 e. The maximum absolute atomic E-state index is 14.2. The summed E-state index contributed by atoms with van der Waals surface area (Å²) in [7, 11) is 0. The molecule has 5 aromatic rings. The second-order valence-corrected chi connectivity index (χ2v) is 9.05. The number of hydrogen-bond donors (Lipinski definition) is 1. The lowest BCUT2D eigenvalue weighted by molar-refractivity contribution is 0.433. The van der Waals surface area contributed by atoms with Crippen molar-refractivity contribution in [1.29, 1.82) is 0 Å². The van der Waals surface area contributed by atoms with Crippen LogP contribution in [0.25, 0.3) is 33.1 Å². The number of benzene rings is 2. The number of hydrogen-bond acceptors (Lipinski definition) is 5. The smallest absolute Gasteiger partial charge is 0.262 e. The van der Waals surface area contributed by atoms with Gasteiger partial charge in [-0.25, -0.2) is 9.37 Å². The zero-order valence-corrected chi connectivity index (χ0v) is 19.8. The minimum atomic E-state index is -0.758. The minimum absolute atomic E-state index is 0.185. The molecule has 0 atom stereocenters. The van der Waals surface area contributed by atoms with Crippen LogP contribution in [0.4, 0.5) is 4.39 Å². The highest BCUT2D eigenvalue weighted by Crippen LogP contribution is 2.34. The molecule has 0 saturated carbocycles. The van der Waals surface area contributed by atoms with Gasteiger partial charge in [-0.3, -0.25) is 14.3 Å². The maximum atomic E-state index is 14.2. The van der Waals surface area contributed by atoms with Crippen molar-refractivity contribution in [3.8, 4) is 38.8 Å². The first-order chi connectivity index (χ1) is 17.0. The molecular formula is C28H22FN3O2S. The number of halogens is 1. The molecule has 1 N–H and O–H groups in total. The summed E-state index contributed by atoms with van der Waals surface area (Å²) in [6.45, 7) is 2.09. The number of rotatable bonds is 6. The molecule has 0 spiro atoms. The molecular weight excluding hydrogens is 461 g/mol. The van der Waals surface area contributed by atoms with Crippen LogP contribution in [0, 0.1) is 12.7 Å². The van der Waals surface area contributed by atoms with Gasteiger partial charge in [-0.15, -0.1) is 11.3 Å². The molecule has 7 heteroatoms. The molecule has 0 radical (unpaired) electrons. The summed E-state index contributed by atoms with van der Waals surface area (Å²) in [6.07, 6.45) is 2.31. The van der Waals surface area contributed by atoms with Gasteiger partial charge in [0.1, 0.15) is 5.82 Å². The number of nitrogens with zero attached hydrogens (tertiary/aromatic N) is 3. The molecule has 0 aliphatic heterocycles. The van der Waals surface area contributed by atoms with Gasteiger partial charge in [-0.05, 0) is 49.2 Å². The monoisotopic (exact) mass is 483 g/mol. The number of phenols is 1. The summed E-state index contributed by atoms with van der Waals surface area (Å²) in [6, 6.07) is 21.7. The molecule has 0 amide bonds. The van der Waals surface area contributed by atoms with Gasteiger partial charge >= 0.3 is 0 Å². The first kappa shape index (κ1) is 22.7. The van der Waals surface area contributed by atoms with Crippen LogP contribution in [-0.2, 0) is 13.0 Å². The zero-order chi connectivity index (χ0) is 24.4. The van der Waals surface area contributed by atoms with Crippen LogP contribution in [0.1, 0.15) is 11.3 Å². The van der Waals surface area contributed by atoms with Crippen molar-refractivity contribution in [2.45, 2.75) is 19.9 Å². The van der Waals surface area contributed by atoms with Crippen molar-refractivity contribution in [3.05, 3.63) is 112 Å². The molecule has 3 aromatic heterocycles. The van der Waals surface area contributed by atoms with Crippen molar-refractivity contribution >= 4 is 11.3 Å². The van der Waals surface area contributed by atoms with Gasteiger partial charge in [0, 0.05) is 28.6 Å². The molecule has 0 aliphatic carbocycles. The van der Waals surface area contributed by atoms with E-state index in [9.17, 15) is 14.3 Å². The Morgan fingerprint density at radius 1 is 1.03 bits per heavy atom. The summed E-state index contributed by atoms with van der Waals surface area (Å²) >= 11 is 1.45. The summed E-state index contributed by atoms with van der Waals surface area (Å²) in [5.74, 6) is -1.04. The fourth-order valence-corrected chi connectivity index (χ4v) is 5.06. The lowest BCUT2D eigenvalue weighted by atomic mass is 10.1. The number of pyridine rings is 1. The number of aromatic nitrogens is 3. The van der Waals surface area contributed by atoms with Crippen LogP contribution < -0.4 is 5.56 Å². The van der Waals surface area contributed by atoms with Crippen LogP contribution in [0.5, 0.6) is 5.75 Å². The topological polar surface area (TPSA) is 68.0 Å². The third-order valence-electron chi connectivity index (χ3n) is 5.85. The standard InChI is InChI=1S/C28H22FN3O2S/c1-18-25(24-16-20(17-35-24)23-12-5-6-14-30-23)28(34)32(15-13-19-8-3-2-4-9-19)27(31-18)21-10-7-11-22(29)26(21)33/h2-12,14,16-17,33H,13,15H2,1H3. The fraction of sp³-hybridized carbons (Fsp3) is 0.107. The highest BCUT2D eigenvalue weighted by molar-refractivity contribution is 7.14. The van der Waals surface area contributed by atoms with Crippen LogP contribution in [-0.4, -0.2) is 19.6 Å². The molecule has 0 unspecified atom stereocenters. The number of para-hydroxylation sites is 1. The Bertz CT molecular complexity index is 1550. The van der Waals surface area contributed by atoms with E-state index in [2.05, 4.69) is 4.98 Å². The predicted molar refractivity (Wildman–Crippen MR) is 137 cm³/mol. The van der Waals surface area contributed by atoms with Gasteiger partial charge in [0.15, 0.2) is 11.6 Å². The van der Waals surface area contributed by atoms with Crippen molar-refractivity contribution in [2.24, 2.45) is 0 Å². The molecule has 5 rings (SSSR count). The molecule has 0 saturated heterocycles. The van der Waals surface area contributed by atoms with Crippen LogP contribution in [0.2, 0.25) is 0 Å². The second kappa shape index (κ2) is 9.64. The number of thiophene rings is 1. The Balaban J connectivity index is 1.65. The fourth-order valence-electron chi connectivity index (χ4n) is 4.07. The Labute approximate surface area is 205 Å². The summed E-state index contributed by atoms with van der Waals surface area (Å²) in [5.41, 5.74) is 3.76. The normalized spacial score (nSPS) is 11.0. The van der Waals surface area contributed by atoms with E-state index in [4.69, 9.17) is 4.98 Å². The molecule has 0 aliphatic rings. The lowest BCUT2D eigenvalue weighted by Gasteiger charge is -2.16. The number of aromatic hydroxyl groups is 1. The van der Waals surface area contributed by atoms with Crippen LogP contribution in [0.3, 0.4) is 0 Å². The van der Waals surface area contributed by atoms with Gasteiger partial charge in [0.25, 0.3) is 5.56 Å². The summed E-state index contributed by atoms with van der Waals surface area (Å²) in [4.78, 5) is 23.8. The van der Waals surface area contributed by atoms with E-state index in [0.29, 0.717) is 24.2 Å². The van der Waals surface area contributed by atoms with E-state index in [0.717, 1.165) is 21.7 Å². The van der Waals surface area contributed by atoms with Gasteiger partial charge < -0.3 is 5.11 Å². The van der Waals surface area contributed by atoms with E-state index in [1.165, 1.54) is 28.0 Å². The highest BCUT2D eigenvalue weighted by Gasteiger charge is 2.21. The maximum Gasteiger partial charge on any atom is 0.262 e. The van der Waals surface area contributed by atoms with Crippen molar-refractivity contribution < 1.29 is 9.50 Å². The average molecular weight is 484 g/mol. The van der Waals surface area contributed by atoms with E-state index >= 15 is 0 Å². The van der Waals surface area contributed by atoms with Crippen molar-refractivity contribution in [1.82, 2.24) is 14.5 Å². The van der Waals surface area contributed by atoms with Gasteiger partial charge in [-0.1, -0.05) is 42.5 Å². The van der Waals surface area contributed by atoms with Crippen LogP contribution in [0.15, 0.2) is 89.2 Å².